The summed E-state index contributed by atoms with van der Waals surface area (Å²) in [5.41, 5.74) is 1.52. The molecule has 5 heteroatoms. The first-order chi connectivity index (χ1) is 6.43. The van der Waals surface area contributed by atoms with Crippen molar-refractivity contribution in [3.63, 3.8) is 0 Å². The van der Waals surface area contributed by atoms with Gasteiger partial charge in [0.2, 0.25) is 0 Å². The Bertz CT molecular complexity index is 360. The average molecular weight is 217 g/mol. The maximum Gasteiger partial charge on any atom is 0.304 e. The molecule has 1 unspecified atom stereocenters. The lowest BCUT2D eigenvalue weighted by molar-refractivity contribution is -0.137. The molecule has 1 rings (SSSR count). The Morgan fingerprint density at radius 2 is 2.29 bits per heavy atom. The van der Waals surface area contributed by atoms with Gasteiger partial charge in [-0.3, -0.25) is 9.48 Å². The molecule has 0 spiro atoms. The molecule has 0 saturated heterocycles. The van der Waals surface area contributed by atoms with Crippen molar-refractivity contribution in [2.45, 2.75) is 26.2 Å². The summed E-state index contributed by atoms with van der Waals surface area (Å²) in [7, 11) is 1.77. The van der Waals surface area contributed by atoms with Crippen molar-refractivity contribution in [3.8, 4) is 0 Å². The lowest BCUT2D eigenvalue weighted by Crippen LogP contribution is -2.08. The first-order valence-corrected chi connectivity index (χ1v) is 4.72. The molecule has 14 heavy (non-hydrogen) atoms. The summed E-state index contributed by atoms with van der Waals surface area (Å²) in [6.07, 6.45) is 0.0681. The molecule has 0 saturated carbocycles. The van der Waals surface area contributed by atoms with Gasteiger partial charge < -0.3 is 5.11 Å². The van der Waals surface area contributed by atoms with Gasteiger partial charge in [-0.15, -0.1) is 0 Å². The predicted octanol–water partition coefficient (Wildman–Crippen LogP) is 1.96. The van der Waals surface area contributed by atoms with Crippen LogP contribution in [0.2, 0.25) is 5.02 Å². The van der Waals surface area contributed by atoms with Crippen LogP contribution >= 0.6 is 11.6 Å². The molecule has 78 valence electrons. The molecular weight excluding hydrogens is 204 g/mol. The number of rotatable bonds is 3. The van der Waals surface area contributed by atoms with Gasteiger partial charge >= 0.3 is 5.97 Å². The van der Waals surface area contributed by atoms with Crippen LogP contribution in [0.4, 0.5) is 0 Å². The van der Waals surface area contributed by atoms with Crippen LogP contribution in [0.25, 0.3) is 0 Å². The Labute approximate surface area is 87.5 Å². The van der Waals surface area contributed by atoms with Crippen LogP contribution < -0.4 is 0 Å². The fourth-order valence-corrected chi connectivity index (χ4v) is 1.89. The molecular formula is C9H13ClN2O2. The molecule has 1 aromatic rings. The average Bonchev–Trinajstić information content (AvgIpc) is 2.25. The third-order valence-corrected chi connectivity index (χ3v) is 2.61. The molecule has 0 fully saturated rings. The van der Waals surface area contributed by atoms with Crippen molar-refractivity contribution < 1.29 is 9.90 Å². The highest BCUT2D eigenvalue weighted by Crippen LogP contribution is 2.28. The van der Waals surface area contributed by atoms with E-state index in [1.807, 2.05) is 6.92 Å². The number of hydrogen-bond acceptors (Lipinski definition) is 2. The van der Waals surface area contributed by atoms with Crippen LogP contribution in [0.1, 0.15) is 30.7 Å². The number of nitrogens with zero attached hydrogens (tertiary/aromatic N) is 2. The number of carbonyl (C=O) groups is 1. The molecule has 0 radical (unpaired) electrons. The van der Waals surface area contributed by atoms with Crippen molar-refractivity contribution in [1.82, 2.24) is 9.78 Å². The van der Waals surface area contributed by atoms with Crippen LogP contribution in [0, 0.1) is 6.92 Å². The van der Waals surface area contributed by atoms with E-state index in [9.17, 15) is 4.79 Å². The first kappa shape index (κ1) is 11.0. The normalized spacial score (nSPS) is 12.9. The number of hydrogen-bond donors (Lipinski definition) is 1. The second-order valence-corrected chi connectivity index (χ2v) is 3.79. The SMILES string of the molecule is Cc1nn(C)c(C(C)CC(=O)O)c1Cl. The lowest BCUT2D eigenvalue weighted by Gasteiger charge is -2.09. The highest BCUT2D eigenvalue weighted by Gasteiger charge is 2.19. The molecule has 0 aliphatic heterocycles. The third-order valence-electron chi connectivity index (χ3n) is 2.14. The zero-order chi connectivity index (χ0) is 10.9. The van der Waals surface area contributed by atoms with E-state index < -0.39 is 5.97 Å². The first-order valence-electron chi connectivity index (χ1n) is 4.34. The van der Waals surface area contributed by atoms with Gasteiger partial charge in [-0.1, -0.05) is 18.5 Å². The quantitative estimate of drug-likeness (QED) is 0.841. The number of carboxylic acids is 1. The zero-order valence-electron chi connectivity index (χ0n) is 8.41. The van der Waals surface area contributed by atoms with Gasteiger partial charge in [0.1, 0.15) is 0 Å². The maximum atomic E-state index is 10.5. The molecule has 4 nitrogen and oxygen atoms in total. The van der Waals surface area contributed by atoms with Gasteiger partial charge in [0, 0.05) is 13.0 Å². The van der Waals surface area contributed by atoms with Crippen molar-refractivity contribution in [1.29, 1.82) is 0 Å². The predicted molar refractivity (Wildman–Crippen MR) is 53.6 cm³/mol. The summed E-state index contributed by atoms with van der Waals surface area (Å²) in [6, 6.07) is 0. The smallest absolute Gasteiger partial charge is 0.304 e. The molecule has 1 atom stereocenters. The molecule has 0 aromatic carbocycles. The fraction of sp³-hybridized carbons (Fsp3) is 0.556. The van der Waals surface area contributed by atoms with E-state index in [-0.39, 0.29) is 12.3 Å². The van der Waals surface area contributed by atoms with Crippen LogP contribution in [-0.4, -0.2) is 20.9 Å². The van der Waals surface area contributed by atoms with Crippen molar-refractivity contribution in [2.24, 2.45) is 7.05 Å². The summed E-state index contributed by atoms with van der Waals surface area (Å²) >= 11 is 6.02. The Balaban J connectivity index is 2.99. The Kier molecular flexibility index (Phi) is 3.16. The summed E-state index contributed by atoms with van der Waals surface area (Å²) in [6.45, 7) is 3.63. The summed E-state index contributed by atoms with van der Waals surface area (Å²) in [5, 5.41) is 13.4. The van der Waals surface area contributed by atoms with E-state index >= 15 is 0 Å². The van der Waals surface area contributed by atoms with Gasteiger partial charge in [-0.05, 0) is 6.92 Å². The summed E-state index contributed by atoms with van der Waals surface area (Å²) in [5.74, 6) is -0.946. The highest BCUT2D eigenvalue weighted by molar-refractivity contribution is 6.31. The Hall–Kier alpha value is -1.03. The molecule has 1 heterocycles. The van der Waals surface area contributed by atoms with E-state index in [0.29, 0.717) is 5.02 Å². The minimum Gasteiger partial charge on any atom is -0.481 e. The largest absolute Gasteiger partial charge is 0.481 e. The minimum atomic E-state index is -0.826. The minimum absolute atomic E-state index is 0.0681. The van der Waals surface area contributed by atoms with Gasteiger partial charge in [0.25, 0.3) is 0 Å². The second kappa shape index (κ2) is 4.00. The summed E-state index contributed by atoms with van der Waals surface area (Å²) < 4.78 is 1.64. The zero-order valence-corrected chi connectivity index (χ0v) is 9.17. The Morgan fingerprint density at radius 3 is 2.64 bits per heavy atom. The molecule has 0 aliphatic rings. The highest BCUT2D eigenvalue weighted by atomic mass is 35.5. The molecule has 0 bridgehead atoms. The van der Waals surface area contributed by atoms with Gasteiger partial charge in [-0.2, -0.15) is 5.10 Å². The number of aryl methyl sites for hydroxylation is 2. The van der Waals surface area contributed by atoms with Crippen molar-refractivity contribution >= 4 is 17.6 Å². The standard InChI is InChI=1S/C9H13ClN2O2/c1-5(4-7(13)14)9-8(10)6(2)11-12(9)3/h5H,4H2,1-3H3,(H,13,14). The van der Waals surface area contributed by atoms with Gasteiger partial charge in [0.15, 0.2) is 0 Å². The van der Waals surface area contributed by atoms with E-state index in [0.717, 1.165) is 11.4 Å². The monoisotopic (exact) mass is 216 g/mol. The van der Waals surface area contributed by atoms with E-state index in [4.69, 9.17) is 16.7 Å². The number of aromatic nitrogens is 2. The van der Waals surface area contributed by atoms with Crippen LogP contribution in [0.15, 0.2) is 0 Å². The molecule has 1 aromatic heterocycles. The van der Waals surface area contributed by atoms with Crippen LogP contribution in [-0.2, 0) is 11.8 Å². The van der Waals surface area contributed by atoms with Gasteiger partial charge in [0.05, 0.1) is 22.8 Å². The number of aliphatic carboxylic acids is 1. The number of halogens is 1. The van der Waals surface area contributed by atoms with Crippen LogP contribution in [0.3, 0.4) is 0 Å². The second-order valence-electron chi connectivity index (χ2n) is 3.41. The summed E-state index contributed by atoms with van der Waals surface area (Å²) in [4.78, 5) is 10.5. The third kappa shape index (κ3) is 2.07. The molecule has 1 N–H and O–H groups in total. The van der Waals surface area contributed by atoms with Crippen LogP contribution in [0.5, 0.6) is 0 Å². The van der Waals surface area contributed by atoms with Crippen molar-refractivity contribution in [3.05, 3.63) is 16.4 Å². The van der Waals surface area contributed by atoms with Gasteiger partial charge in [-0.25, -0.2) is 0 Å². The molecule has 0 amide bonds. The topological polar surface area (TPSA) is 55.1 Å². The lowest BCUT2D eigenvalue weighted by atomic mass is 10.0. The van der Waals surface area contributed by atoms with E-state index in [1.54, 1.807) is 18.7 Å². The Morgan fingerprint density at radius 1 is 1.71 bits per heavy atom. The van der Waals surface area contributed by atoms with Crippen molar-refractivity contribution in [2.75, 3.05) is 0 Å². The number of carboxylic acid groups (broad SMARTS) is 1. The fourth-order valence-electron chi connectivity index (χ4n) is 1.54. The maximum absolute atomic E-state index is 10.5. The molecule has 0 aliphatic carbocycles. The van der Waals surface area contributed by atoms with E-state index in [1.165, 1.54) is 0 Å². The van der Waals surface area contributed by atoms with E-state index in [2.05, 4.69) is 5.10 Å².